The van der Waals surface area contributed by atoms with Gasteiger partial charge in [0.2, 0.25) is 0 Å². The lowest BCUT2D eigenvalue weighted by Gasteiger charge is -2.13. The molecule has 2 rings (SSSR count). The van der Waals surface area contributed by atoms with Crippen molar-refractivity contribution in [2.45, 2.75) is 38.8 Å². The number of terminal acetylenes is 1. The standard InChI is InChI=1S/C13H14.C9H11F/c1-3-5-6-7-13-10-8-12(4-2)9-11-13;1-9(2,10)8-6-4-3-5-7-8/h2-3,8-11H,1,5-7H2;3-7H,1-2H3. The molecule has 0 aliphatic rings. The third-order valence-electron chi connectivity index (χ3n) is 3.45. The van der Waals surface area contributed by atoms with Crippen LogP contribution in [0.3, 0.4) is 0 Å². The number of halogens is 1. The van der Waals surface area contributed by atoms with Crippen LogP contribution in [0.5, 0.6) is 0 Å². The molecule has 1 heteroatoms. The molecule has 23 heavy (non-hydrogen) atoms. The zero-order valence-electron chi connectivity index (χ0n) is 14.1. The van der Waals surface area contributed by atoms with Crippen molar-refractivity contribution in [2.75, 3.05) is 0 Å². The fourth-order valence-electron chi connectivity index (χ4n) is 2.05. The Kier molecular flexibility index (Phi) is 7.84. The van der Waals surface area contributed by atoms with Crippen LogP contribution in [0.15, 0.2) is 67.3 Å². The summed E-state index contributed by atoms with van der Waals surface area (Å²) in [5.41, 5.74) is 1.82. The van der Waals surface area contributed by atoms with Crippen molar-refractivity contribution >= 4 is 0 Å². The van der Waals surface area contributed by atoms with E-state index in [1.54, 1.807) is 26.0 Å². The van der Waals surface area contributed by atoms with E-state index in [-0.39, 0.29) is 0 Å². The van der Waals surface area contributed by atoms with Crippen LogP contribution in [0.4, 0.5) is 4.39 Å². The predicted molar refractivity (Wildman–Crippen MR) is 98.1 cm³/mol. The van der Waals surface area contributed by atoms with Crippen molar-refractivity contribution in [3.8, 4) is 12.3 Å². The highest BCUT2D eigenvalue weighted by Gasteiger charge is 2.16. The maximum Gasteiger partial charge on any atom is 0.130 e. The molecule has 0 spiro atoms. The normalized spacial score (nSPS) is 10.2. The number of aryl methyl sites for hydroxylation is 1. The molecule has 0 fully saturated rings. The van der Waals surface area contributed by atoms with E-state index >= 15 is 0 Å². The van der Waals surface area contributed by atoms with Crippen molar-refractivity contribution in [1.82, 2.24) is 0 Å². The lowest BCUT2D eigenvalue weighted by molar-refractivity contribution is 0.221. The van der Waals surface area contributed by atoms with Gasteiger partial charge in [-0.25, -0.2) is 4.39 Å². The molecule has 0 heterocycles. The highest BCUT2D eigenvalue weighted by atomic mass is 19.1. The molecule has 0 bridgehead atoms. The number of hydrogen-bond donors (Lipinski definition) is 0. The van der Waals surface area contributed by atoms with Crippen molar-refractivity contribution in [3.05, 3.63) is 83.9 Å². The first-order chi connectivity index (χ1) is 11.0. The van der Waals surface area contributed by atoms with E-state index in [1.165, 1.54) is 12.0 Å². The van der Waals surface area contributed by atoms with E-state index in [4.69, 9.17) is 6.42 Å². The number of hydrogen-bond acceptors (Lipinski definition) is 0. The summed E-state index contributed by atoms with van der Waals surface area (Å²) in [5.74, 6) is 2.61. The lowest BCUT2D eigenvalue weighted by atomic mass is 10.0. The molecule has 0 saturated carbocycles. The Labute approximate surface area is 140 Å². The second-order valence-corrected chi connectivity index (χ2v) is 5.86. The zero-order valence-corrected chi connectivity index (χ0v) is 14.1. The van der Waals surface area contributed by atoms with Gasteiger partial charge in [0, 0.05) is 5.56 Å². The van der Waals surface area contributed by atoms with Crippen LogP contribution in [0, 0.1) is 12.3 Å². The van der Waals surface area contributed by atoms with E-state index < -0.39 is 5.67 Å². The molecular formula is C22H25F. The summed E-state index contributed by atoms with van der Waals surface area (Å²) in [6, 6.07) is 17.3. The molecule has 0 nitrogen and oxygen atoms in total. The first-order valence-electron chi connectivity index (χ1n) is 7.88. The monoisotopic (exact) mass is 308 g/mol. The molecule has 0 aliphatic heterocycles. The van der Waals surface area contributed by atoms with Gasteiger partial charge in [-0.3, -0.25) is 0 Å². The average Bonchev–Trinajstić information content (AvgIpc) is 2.56. The smallest absolute Gasteiger partial charge is 0.130 e. The summed E-state index contributed by atoms with van der Waals surface area (Å²) < 4.78 is 13.1. The largest absolute Gasteiger partial charge is 0.239 e. The van der Waals surface area contributed by atoms with Gasteiger partial charge >= 0.3 is 0 Å². The van der Waals surface area contributed by atoms with Crippen LogP contribution in [-0.2, 0) is 12.1 Å². The molecule has 0 unspecified atom stereocenters. The third kappa shape index (κ3) is 7.47. The van der Waals surface area contributed by atoms with Crippen molar-refractivity contribution in [2.24, 2.45) is 0 Å². The number of benzene rings is 2. The van der Waals surface area contributed by atoms with Crippen molar-refractivity contribution < 1.29 is 4.39 Å². The third-order valence-corrected chi connectivity index (χ3v) is 3.45. The minimum Gasteiger partial charge on any atom is -0.239 e. The van der Waals surface area contributed by atoms with Crippen LogP contribution in [0.1, 0.15) is 43.4 Å². The topological polar surface area (TPSA) is 0 Å². The van der Waals surface area contributed by atoms with Gasteiger partial charge in [0.15, 0.2) is 0 Å². The van der Waals surface area contributed by atoms with E-state index in [9.17, 15) is 4.39 Å². The van der Waals surface area contributed by atoms with Gasteiger partial charge < -0.3 is 0 Å². The van der Waals surface area contributed by atoms with E-state index in [1.807, 2.05) is 36.4 Å². The molecule has 0 saturated heterocycles. The minimum atomic E-state index is -1.21. The van der Waals surface area contributed by atoms with Gasteiger partial charge in [-0.1, -0.05) is 54.5 Å². The summed E-state index contributed by atoms with van der Waals surface area (Å²) in [6.45, 7) is 6.81. The van der Waals surface area contributed by atoms with Crippen LogP contribution in [-0.4, -0.2) is 0 Å². The van der Waals surface area contributed by atoms with Gasteiger partial charge in [-0.15, -0.1) is 13.0 Å². The second kappa shape index (κ2) is 9.64. The van der Waals surface area contributed by atoms with Gasteiger partial charge in [0.1, 0.15) is 5.67 Å². The number of unbranched alkanes of at least 4 members (excludes halogenated alkanes) is 1. The molecular weight excluding hydrogens is 283 g/mol. The molecule has 0 aliphatic carbocycles. The summed E-state index contributed by atoms with van der Waals surface area (Å²) in [6.07, 6.45) is 10.6. The van der Waals surface area contributed by atoms with E-state index in [0.29, 0.717) is 0 Å². The fourth-order valence-corrected chi connectivity index (χ4v) is 2.05. The summed E-state index contributed by atoms with van der Waals surface area (Å²) in [4.78, 5) is 0. The lowest BCUT2D eigenvalue weighted by Crippen LogP contribution is -2.07. The van der Waals surface area contributed by atoms with Crippen molar-refractivity contribution in [3.63, 3.8) is 0 Å². The summed E-state index contributed by atoms with van der Waals surface area (Å²) in [5, 5.41) is 0. The Hall–Kier alpha value is -2.33. The van der Waals surface area contributed by atoms with Crippen LogP contribution in [0.2, 0.25) is 0 Å². The zero-order chi connectivity index (χ0) is 17.1. The van der Waals surface area contributed by atoms with Crippen LogP contribution < -0.4 is 0 Å². The Morgan fingerprint density at radius 1 is 1.09 bits per heavy atom. The maximum atomic E-state index is 13.1. The predicted octanol–water partition coefficient (Wildman–Crippen LogP) is 6.07. The van der Waals surface area contributed by atoms with Crippen LogP contribution in [0.25, 0.3) is 0 Å². The number of allylic oxidation sites excluding steroid dienone is 1. The molecule has 2 aromatic rings. The SMILES string of the molecule is C#Cc1ccc(CCCC=C)cc1.CC(C)(F)c1ccccc1. The molecule has 0 atom stereocenters. The fraction of sp³-hybridized carbons (Fsp3) is 0.273. The Bertz CT molecular complexity index is 610. The number of alkyl halides is 1. The van der Waals surface area contributed by atoms with Crippen molar-refractivity contribution in [1.29, 1.82) is 0 Å². The molecule has 120 valence electrons. The van der Waals surface area contributed by atoms with Gasteiger partial charge in [0.05, 0.1) is 0 Å². The molecule has 0 amide bonds. The minimum absolute atomic E-state index is 0.731. The van der Waals surface area contributed by atoms with Gasteiger partial charge in [0.25, 0.3) is 0 Å². The highest BCUT2D eigenvalue weighted by Crippen LogP contribution is 2.23. The molecule has 0 N–H and O–H groups in total. The van der Waals surface area contributed by atoms with Crippen LogP contribution >= 0.6 is 0 Å². The summed E-state index contributed by atoms with van der Waals surface area (Å²) in [7, 11) is 0. The first-order valence-corrected chi connectivity index (χ1v) is 7.88. The van der Waals surface area contributed by atoms with Gasteiger partial charge in [-0.05, 0) is 56.4 Å². The van der Waals surface area contributed by atoms with E-state index in [2.05, 4.69) is 24.6 Å². The summed E-state index contributed by atoms with van der Waals surface area (Å²) >= 11 is 0. The Morgan fingerprint density at radius 2 is 1.70 bits per heavy atom. The second-order valence-electron chi connectivity index (χ2n) is 5.86. The molecule has 0 radical (unpaired) electrons. The maximum absolute atomic E-state index is 13.1. The Morgan fingerprint density at radius 3 is 2.13 bits per heavy atom. The van der Waals surface area contributed by atoms with E-state index in [0.717, 1.165) is 24.0 Å². The van der Waals surface area contributed by atoms with Gasteiger partial charge in [-0.2, -0.15) is 0 Å². The quantitative estimate of drug-likeness (QED) is 0.357. The Balaban J connectivity index is 0.000000238. The molecule has 2 aromatic carbocycles. The molecule has 0 aromatic heterocycles. The average molecular weight is 308 g/mol. The first kappa shape index (κ1) is 18.7. The number of rotatable bonds is 5. The highest BCUT2D eigenvalue weighted by molar-refractivity contribution is 5.34.